The van der Waals surface area contributed by atoms with Gasteiger partial charge in [-0.15, -0.1) is 0 Å². The van der Waals surface area contributed by atoms with Crippen LogP contribution in [-0.4, -0.2) is 56.1 Å². The molecule has 0 heterocycles. The Balaban J connectivity index is 2.03. The number of hydrogen-bond donors (Lipinski definition) is 0. The van der Waals surface area contributed by atoms with Gasteiger partial charge >= 0.3 is 0 Å². The smallest absolute Gasteiger partial charge is 0.118 e. The summed E-state index contributed by atoms with van der Waals surface area (Å²) in [5.41, 5.74) is 2.99. The molecule has 0 aliphatic heterocycles. The molecule has 0 radical (unpaired) electrons. The Labute approximate surface area is 219 Å². The van der Waals surface area contributed by atoms with Gasteiger partial charge in [0, 0.05) is 18.6 Å². The van der Waals surface area contributed by atoms with Crippen LogP contribution in [0.2, 0.25) is 0 Å². The molecular formula is C30H41N2O3P. The van der Waals surface area contributed by atoms with Crippen molar-refractivity contribution >= 4 is 8.96 Å². The summed E-state index contributed by atoms with van der Waals surface area (Å²) in [6, 6.07) is 28.3. The Bertz CT molecular complexity index is 985. The number of benzene rings is 3. The van der Waals surface area contributed by atoms with Crippen LogP contribution >= 0.6 is 8.96 Å². The van der Waals surface area contributed by atoms with Gasteiger partial charge < -0.3 is 14.0 Å². The van der Waals surface area contributed by atoms with E-state index in [0.29, 0.717) is 27.6 Å². The second-order valence-corrected chi connectivity index (χ2v) is 10.5. The van der Waals surface area contributed by atoms with E-state index in [2.05, 4.69) is 98.9 Å². The summed E-state index contributed by atoms with van der Waals surface area (Å²) < 4.78 is 19.6. The zero-order valence-corrected chi connectivity index (χ0v) is 23.7. The molecule has 0 amide bonds. The molecule has 0 spiro atoms. The Morgan fingerprint density at radius 3 is 1.56 bits per heavy atom. The molecule has 0 aliphatic rings. The summed E-state index contributed by atoms with van der Waals surface area (Å²) in [5.74, 6) is 1.68. The van der Waals surface area contributed by atoms with Crippen molar-refractivity contribution in [3.63, 3.8) is 0 Å². The molecule has 0 aliphatic carbocycles. The summed E-state index contributed by atoms with van der Waals surface area (Å²) in [4.78, 5) is 2.39. The molecule has 0 fully saturated rings. The quantitative estimate of drug-likeness (QED) is 0.148. The minimum atomic E-state index is -0.526. The van der Waals surface area contributed by atoms with Gasteiger partial charge in [0.05, 0.1) is 35.3 Å². The van der Waals surface area contributed by atoms with Gasteiger partial charge in [-0.25, -0.2) is 0 Å². The van der Waals surface area contributed by atoms with Crippen molar-refractivity contribution in [1.82, 2.24) is 9.57 Å². The number of likely N-dealkylation sites (N-methyl/N-ethyl adjacent to an activating group) is 1. The van der Waals surface area contributed by atoms with Crippen molar-refractivity contribution in [2.24, 2.45) is 0 Å². The number of rotatable bonds is 13. The number of hydrogen-bond acceptors (Lipinski definition) is 5. The van der Waals surface area contributed by atoms with E-state index in [1.807, 2.05) is 24.3 Å². The average molecular weight is 509 g/mol. The molecule has 3 aromatic carbocycles. The van der Waals surface area contributed by atoms with Gasteiger partial charge in [0.25, 0.3) is 0 Å². The summed E-state index contributed by atoms with van der Waals surface area (Å²) >= 11 is 0. The zero-order chi connectivity index (χ0) is 26.1. The third kappa shape index (κ3) is 6.27. The number of nitrogens with zero attached hydrogens (tertiary/aromatic N) is 2. The molecule has 3 rings (SSSR count). The van der Waals surface area contributed by atoms with Crippen LogP contribution in [0.25, 0.3) is 0 Å². The van der Waals surface area contributed by atoms with E-state index in [4.69, 9.17) is 14.0 Å². The van der Waals surface area contributed by atoms with E-state index in [-0.39, 0.29) is 0 Å². The lowest BCUT2D eigenvalue weighted by molar-refractivity contribution is 0.161. The molecule has 3 aromatic rings. The first-order valence-corrected chi connectivity index (χ1v) is 13.4. The highest BCUT2D eigenvalue weighted by Crippen LogP contribution is 2.42. The Hall–Kier alpha value is -2.43. The Morgan fingerprint density at radius 1 is 0.694 bits per heavy atom. The average Bonchev–Trinajstić information content (AvgIpc) is 2.90. The highest BCUT2D eigenvalue weighted by atomic mass is 31.1. The maximum atomic E-state index is 6.24. The third-order valence-electron chi connectivity index (χ3n) is 6.59. The fourth-order valence-corrected chi connectivity index (χ4v) is 5.54. The van der Waals surface area contributed by atoms with E-state index in [0.717, 1.165) is 29.2 Å². The van der Waals surface area contributed by atoms with Gasteiger partial charge in [-0.1, -0.05) is 54.6 Å². The number of methoxy groups -OCH3 is 2. The monoisotopic (exact) mass is 508 g/mol. The lowest BCUT2D eigenvalue weighted by atomic mass is 9.75. The van der Waals surface area contributed by atoms with Crippen LogP contribution in [0, 0.1) is 0 Å². The van der Waals surface area contributed by atoms with Crippen molar-refractivity contribution in [2.45, 2.75) is 45.3 Å². The van der Waals surface area contributed by atoms with Crippen molar-refractivity contribution in [2.75, 3.05) is 34.4 Å². The van der Waals surface area contributed by atoms with Gasteiger partial charge in [0.2, 0.25) is 0 Å². The molecule has 0 bridgehead atoms. The van der Waals surface area contributed by atoms with Gasteiger partial charge in [0.15, 0.2) is 0 Å². The second kappa shape index (κ2) is 13.2. The van der Waals surface area contributed by atoms with E-state index in [9.17, 15) is 0 Å². The van der Waals surface area contributed by atoms with Crippen molar-refractivity contribution < 1.29 is 14.0 Å². The topological polar surface area (TPSA) is 34.2 Å². The highest BCUT2D eigenvalue weighted by molar-refractivity contribution is 7.29. The van der Waals surface area contributed by atoms with E-state index in [1.54, 1.807) is 14.2 Å². The zero-order valence-electron chi connectivity index (χ0n) is 22.7. The lowest BCUT2D eigenvalue weighted by Gasteiger charge is -2.44. The van der Waals surface area contributed by atoms with Crippen LogP contribution in [0.1, 0.15) is 44.4 Å². The molecule has 1 unspecified atom stereocenters. The summed E-state index contributed by atoms with van der Waals surface area (Å²) in [5, 5.41) is 0. The van der Waals surface area contributed by atoms with E-state index < -0.39 is 5.54 Å². The van der Waals surface area contributed by atoms with Crippen LogP contribution in [0.15, 0.2) is 78.9 Å². The molecule has 194 valence electrons. The maximum absolute atomic E-state index is 6.24. The SMILES string of the molecule is COc1ccc(C(c2ccccc2)(c2ccc(OC)cc2)N(C)CCOPN(C(C)C)C(C)C)cc1. The maximum Gasteiger partial charge on any atom is 0.118 e. The molecule has 36 heavy (non-hydrogen) atoms. The predicted molar refractivity (Wildman–Crippen MR) is 151 cm³/mol. The van der Waals surface area contributed by atoms with Crippen LogP contribution < -0.4 is 9.47 Å². The van der Waals surface area contributed by atoms with Crippen LogP contribution in [0.5, 0.6) is 11.5 Å². The fraction of sp³-hybridized carbons (Fsp3) is 0.400. The summed E-state index contributed by atoms with van der Waals surface area (Å²) in [6.07, 6.45) is 0. The van der Waals surface area contributed by atoms with Gasteiger partial charge in [-0.2, -0.15) is 0 Å². The lowest BCUT2D eigenvalue weighted by Crippen LogP contribution is -2.47. The highest BCUT2D eigenvalue weighted by Gasteiger charge is 2.40. The molecule has 0 aromatic heterocycles. The van der Waals surface area contributed by atoms with E-state index >= 15 is 0 Å². The van der Waals surface area contributed by atoms with Gasteiger partial charge in [-0.05, 0) is 75.7 Å². The second-order valence-electron chi connectivity index (χ2n) is 9.49. The number of ether oxygens (including phenoxy) is 2. The summed E-state index contributed by atoms with van der Waals surface area (Å²) in [6.45, 7) is 10.3. The Kier molecular flexibility index (Phi) is 10.3. The first-order chi connectivity index (χ1) is 17.3. The van der Waals surface area contributed by atoms with Gasteiger partial charge in [-0.3, -0.25) is 9.57 Å². The molecule has 0 saturated heterocycles. The predicted octanol–water partition coefficient (Wildman–Crippen LogP) is 6.57. The van der Waals surface area contributed by atoms with Crippen molar-refractivity contribution in [1.29, 1.82) is 0 Å². The first-order valence-electron chi connectivity index (χ1n) is 12.6. The molecule has 6 heteroatoms. The largest absolute Gasteiger partial charge is 0.497 e. The first kappa shape index (κ1) is 28.1. The Morgan fingerprint density at radius 2 is 1.14 bits per heavy atom. The van der Waals surface area contributed by atoms with Crippen molar-refractivity contribution in [3.8, 4) is 11.5 Å². The van der Waals surface area contributed by atoms with Crippen LogP contribution in [0.4, 0.5) is 0 Å². The standard InChI is InChI=1S/C30H41N2O3P/c1-23(2)32(24(3)4)36-35-22-21-31(5)30(25-11-9-8-10-12-25,26-13-17-28(33-6)18-14-26)27-15-19-29(34-7)20-16-27/h8-20,23-24,36H,21-22H2,1-7H3. The molecule has 0 saturated carbocycles. The van der Waals surface area contributed by atoms with Crippen molar-refractivity contribution in [3.05, 3.63) is 95.6 Å². The third-order valence-corrected chi connectivity index (χ3v) is 8.17. The minimum absolute atomic E-state index is 0.336. The van der Waals surface area contributed by atoms with Crippen LogP contribution in [0.3, 0.4) is 0 Å². The van der Waals surface area contributed by atoms with Gasteiger partial charge in [0.1, 0.15) is 11.5 Å². The fourth-order valence-electron chi connectivity index (χ4n) is 4.78. The van der Waals surface area contributed by atoms with Crippen LogP contribution in [-0.2, 0) is 10.1 Å². The molecule has 5 nitrogen and oxygen atoms in total. The van der Waals surface area contributed by atoms with E-state index in [1.165, 1.54) is 5.56 Å². The normalized spacial score (nSPS) is 12.4. The molecular weight excluding hydrogens is 467 g/mol. The molecule has 0 N–H and O–H groups in total. The molecule has 1 atom stereocenters. The summed E-state index contributed by atoms with van der Waals surface area (Å²) in [7, 11) is 5.91. The minimum Gasteiger partial charge on any atom is -0.497 e.